The molecule has 0 radical (unpaired) electrons. The highest BCUT2D eigenvalue weighted by atomic mass is 32.2. The molecule has 0 unspecified atom stereocenters. The number of ether oxygens (including phenoxy) is 1. The van der Waals surface area contributed by atoms with Crippen LogP contribution in [0.3, 0.4) is 0 Å². The summed E-state index contributed by atoms with van der Waals surface area (Å²) in [4.78, 5) is -0.582. The summed E-state index contributed by atoms with van der Waals surface area (Å²) in [6.07, 6.45) is -3.29. The van der Waals surface area contributed by atoms with Crippen molar-refractivity contribution in [1.82, 2.24) is 14.5 Å². The standard InChI is InChI=1S/C16H14F3N3O3S2/c17-16(18,19)25-14-3-1-2-4-15(14)27(23,24)20-7-9-22-8-5-13(21-22)12-6-10-26-11-12/h1-6,8,10-11,20H,7,9H2. The normalized spacial score (nSPS) is 12.3. The molecule has 27 heavy (non-hydrogen) atoms. The molecule has 11 heteroatoms. The molecule has 0 aliphatic heterocycles. The van der Waals surface area contributed by atoms with Gasteiger partial charge in [-0.25, -0.2) is 13.1 Å². The van der Waals surface area contributed by atoms with E-state index in [4.69, 9.17) is 0 Å². The smallest absolute Gasteiger partial charge is 0.404 e. The van der Waals surface area contributed by atoms with Crippen molar-refractivity contribution in [2.24, 2.45) is 0 Å². The van der Waals surface area contributed by atoms with Crippen LogP contribution in [0.1, 0.15) is 0 Å². The second-order valence-corrected chi connectivity index (χ2v) is 7.88. The van der Waals surface area contributed by atoms with Crippen molar-refractivity contribution >= 4 is 21.4 Å². The Bertz CT molecular complexity index is 999. The number of thiophene rings is 1. The second-order valence-electron chi connectivity index (χ2n) is 5.37. The zero-order chi connectivity index (χ0) is 19.5. The Kier molecular flexibility index (Phi) is 5.53. The van der Waals surface area contributed by atoms with E-state index in [1.165, 1.54) is 23.5 Å². The molecule has 0 bridgehead atoms. The highest BCUT2D eigenvalue weighted by Gasteiger charge is 2.33. The summed E-state index contributed by atoms with van der Waals surface area (Å²) >= 11 is 1.53. The first-order valence-corrected chi connectivity index (χ1v) is 10.1. The number of halogens is 3. The number of nitrogens with zero attached hydrogens (tertiary/aromatic N) is 2. The third-order valence-corrected chi connectivity index (χ3v) is 5.64. The molecule has 3 aromatic rings. The number of sulfonamides is 1. The first-order chi connectivity index (χ1) is 12.7. The maximum atomic E-state index is 12.5. The van der Waals surface area contributed by atoms with Gasteiger partial charge in [0.2, 0.25) is 10.0 Å². The molecular formula is C16H14F3N3O3S2. The van der Waals surface area contributed by atoms with Gasteiger partial charge in [-0.15, -0.1) is 13.2 Å². The number of alkyl halides is 3. The quantitative estimate of drug-likeness (QED) is 0.639. The summed E-state index contributed by atoms with van der Waals surface area (Å²) < 4.78 is 69.6. The fraction of sp³-hybridized carbons (Fsp3) is 0.188. The van der Waals surface area contributed by atoms with E-state index >= 15 is 0 Å². The number of nitrogens with one attached hydrogen (secondary N) is 1. The fourth-order valence-corrected chi connectivity index (χ4v) is 4.10. The Morgan fingerprint density at radius 1 is 1.19 bits per heavy atom. The minimum atomic E-state index is -4.99. The molecule has 0 aliphatic rings. The Morgan fingerprint density at radius 2 is 1.96 bits per heavy atom. The minimum absolute atomic E-state index is 0.0482. The van der Waals surface area contributed by atoms with Crippen molar-refractivity contribution < 1.29 is 26.3 Å². The molecule has 144 valence electrons. The van der Waals surface area contributed by atoms with Crippen molar-refractivity contribution in [1.29, 1.82) is 0 Å². The van der Waals surface area contributed by atoms with Crippen molar-refractivity contribution in [3.63, 3.8) is 0 Å². The number of aromatic nitrogens is 2. The Hall–Kier alpha value is -2.37. The Morgan fingerprint density at radius 3 is 2.67 bits per heavy atom. The number of hydrogen-bond donors (Lipinski definition) is 1. The van der Waals surface area contributed by atoms with Crippen LogP contribution >= 0.6 is 11.3 Å². The van der Waals surface area contributed by atoms with E-state index in [0.29, 0.717) is 0 Å². The van der Waals surface area contributed by atoms with Gasteiger partial charge in [0.25, 0.3) is 0 Å². The number of para-hydroxylation sites is 1. The molecular weight excluding hydrogens is 403 g/mol. The second kappa shape index (κ2) is 7.71. The van der Waals surface area contributed by atoms with Crippen LogP contribution in [0.2, 0.25) is 0 Å². The molecule has 0 amide bonds. The lowest BCUT2D eigenvalue weighted by atomic mass is 10.2. The Balaban J connectivity index is 1.66. The topological polar surface area (TPSA) is 73.2 Å². The first kappa shape index (κ1) is 19.4. The van der Waals surface area contributed by atoms with Gasteiger partial charge < -0.3 is 4.74 Å². The maximum Gasteiger partial charge on any atom is 0.573 e. The van der Waals surface area contributed by atoms with Gasteiger partial charge >= 0.3 is 6.36 Å². The van der Waals surface area contributed by atoms with Gasteiger partial charge in [0, 0.05) is 23.7 Å². The maximum absolute atomic E-state index is 12.5. The van der Waals surface area contributed by atoms with E-state index in [2.05, 4.69) is 14.6 Å². The van der Waals surface area contributed by atoms with E-state index in [1.54, 1.807) is 16.9 Å². The number of benzene rings is 1. The highest BCUT2D eigenvalue weighted by molar-refractivity contribution is 7.89. The minimum Gasteiger partial charge on any atom is -0.404 e. The zero-order valence-electron chi connectivity index (χ0n) is 13.7. The van der Waals surface area contributed by atoms with Crippen LogP contribution in [-0.4, -0.2) is 31.1 Å². The van der Waals surface area contributed by atoms with E-state index in [-0.39, 0.29) is 13.1 Å². The summed E-state index contributed by atoms with van der Waals surface area (Å²) in [6, 6.07) is 8.28. The van der Waals surface area contributed by atoms with Crippen LogP contribution in [0.4, 0.5) is 13.2 Å². The van der Waals surface area contributed by atoms with Crippen LogP contribution in [0.25, 0.3) is 11.3 Å². The van der Waals surface area contributed by atoms with Gasteiger partial charge in [-0.3, -0.25) is 4.68 Å². The van der Waals surface area contributed by atoms with Crippen LogP contribution in [0.15, 0.2) is 58.3 Å². The van der Waals surface area contributed by atoms with Crippen molar-refractivity contribution in [3.8, 4) is 17.0 Å². The van der Waals surface area contributed by atoms with Gasteiger partial charge in [-0.05, 0) is 29.6 Å². The average Bonchev–Trinajstić information content (AvgIpc) is 3.24. The van der Waals surface area contributed by atoms with Crippen molar-refractivity contribution in [2.75, 3.05) is 6.54 Å². The van der Waals surface area contributed by atoms with Gasteiger partial charge in [-0.1, -0.05) is 12.1 Å². The predicted octanol–water partition coefficient (Wildman–Crippen LogP) is 3.49. The van der Waals surface area contributed by atoms with Crippen LogP contribution < -0.4 is 9.46 Å². The highest BCUT2D eigenvalue weighted by Crippen LogP contribution is 2.29. The summed E-state index contributed by atoms with van der Waals surface area (Å²) in [5.41, 5.74) is 1.71. The molecule has 0 aliphatic carbocycles. The van der Waals surface area contributed by atoms with Crippen LogP contribution in [0, 0.1) is 0 Å². The van der Waals surface area contributed by atoms with E-state index in [1.807, 2.05) is 16.8 Å². The predicted molar refractivity (Wildman–Crippen MR) is 93.9 cm³/mol. The van der Waals surface area contributed by atoms with Crippen LogP contribution in [-0.2, 0) is 16.6 Å². The van der Waals surface area contributed by atoms with Gasteiger partial charge in [0.15, 0.2) is 0 Å². The molecule has 0 saturated heterocycles. The SMILES string of the molecule is O=S(=O)(NCCn1ccc(-c2ccsc2)n1)c1ccccc1OC(F)(F)F. The molecule has 1 N–H and O–H groups in total. The largest absolute Gasteiger partial charge is 0.573 e. The lowest BCUT2D eigenvalue weighted by Gasteiger charge is -2.13. The van der Waals surface area contributed by atoms with Gasteiger partial charge in [-0.2, -0.15) is 16.4 Å². The summed E-state index contributed by atoms with van der Waals surface area (Å²) in [5, 5.41) is 8.18. The molecule has 3 rings (SSSR count). The first-order valence-electron chi connectivity index (χ1n) is 7.65. The lowest BCUT2D eigenvalue weighted by molar-refractivity contribution is -0.275. The lowest BCUT2D eigenvalue weighted by Crippen LogP contribution is -2.29. The molecule has 0 atom stereocenters. The molecule has 2 aromatic heterocycles. The summed E-state index contributed by atoms with van der Waals surface area (Å²) in [7, 11) is -4.18. The third-order valence-electron chi connectivity index (χ3n) is 3.45. The van der Waals surface area contributed by atoms with Crippen molar-refractivity contribution in [3.05, 3.63) is 53.4 Å². The molecule has 0 spiro atoms. The zero-order valence-corrected chi connectivity index (χ0v) is 15.3. The summed E-state index contributed by atoms with van der Waals surface area (Å²) in [6.45, 7) is 0.166. The average molecular weight is 417 g/mol. The number of hydrogen-bond acceptors (Lipinski definition) is 5. The van der Waals surface area contributed by atoms with Crippen molar-refractivity contribution in [2.45, 2.75) is 17.8 Å². The van der Waals surface area contributed by atoms with Crippen LogP contribution in [0.5, 0.6) is 5.75 Å². The fourth-order valence-electron chi connectivity index (χ4n) is 2.30. The van der Waals surface area contributed by atoms with E-state index in [9.17, 15) is 21.6 Å². The summed E-state index contributed by atoms with van der Waals surface area (Å²) in [5.74, 6) is -0.781. The molecule has 0 fully saturated rings. The van der Waals surface area contributed by atoms with E-state index < -0.39 is 27.0 Å². The molecule has 1 aromatic carbocycles. The third kappa shape index (κ3) is 5.08. The van der Waals surface area contributed by atoms with E-state index in [0.717, 1.165) is 23.4 Å². The Labute approximate surface area is 157 Å². The number of rotatable bonds is 7. The monoisotopic (exact) mass is 417 g/mol. The molecule has 6 nitrogen and oxygen atoms in total. The molecule has 0 saturated carbocycles. The molecule has 2 heterocycles. The van der Waals surface area contributed by atoms with Gasteiger partial charge in [0.05, 0.1) is 12.2 Å². The van der Waals surface area contributed by atoms with Gasteiger partial charge in [0.1, 0.15) is 10.6 Å².